The van der Waals surface area contributed by atoms with Gasteiger partial charge in [0.05, 0.1) is 21.8 Å². The van der Waals surface area contributed by atoms with Gasteiger partial charge in [0, 0.05) is 12.6 Å². The highest BCUT2D eigenvalue weighted by Crippen LogP contribution is 2.34. The van der Waals surface area contributed by atoms with E-state index in [-0.39, 0.29) is 21.8 Å². The van der Waals surface area contributed by atoms with Crippen molar-refractivity contribution in [2.75, 3.05) is 16.7 Å². The Morgan fingerprint density at radius 3 is 2.23 bits per heavy atom. The molecule has 0 aliphatic rings. The zero-order valence-electron chi connectivity index (χ0n) is 16.6. The Kier molecular flexibility index (Phi) is 6.08. The van der Waals surface area contributed by atoms with Gasteiger partial charge in [-0.1, -0.05) is 35.9 Å². The number of hydrogen-bond donors (Lipinski definition) is 1. The molecule has 0 bridgehead atoms. The van der Waals surface area contributed by atoms with Crippen LogP contribution in [0.1, 0.15) is 21.5 Å². The molecule has 0 saturated carbocycles. The number of sulfonamides is 1. The Morgan fingerprint density at radius 1 is 0.935 bits per heavy atom. The quantitative estimate of drug-likeness (QED) is 0.591. The van der Waals surface area contributed by atoms with Crippen LogP contribution in [0.4, 0.5) is 24.5 Å². The minimum atomic E-state index is -4.63. The zero-order valence-corrected chi connectivity index (χ0v) is 17.5. The monoisotopic (exact) mass is 448 g/mol. The summed E-state index contributed by atoms with van der Waals surface area (Å²) in [5.74, 6) is -0.792. The van der Waals surface area contributed by atoms with Gasteiger partial charge in [0.15, 0.2) is 0 Å². The van der Waals surface area contributed by atoms with Crippen LogP contribution in [0.25, 0.3) is 0 Å². The fourth-order valence-electron chi connectivity index (χ4n) is 2.88. The number of carbonyl (C=O) groups is 1. The predicted molar refractivity (Wildman–Crippen MR) is 113 cm³/mol. The topological polar surface area (TPSA) is 66.5 Å². The van der Waals surface area contributed by atoms with Gasteiger partial charge in [-0.25, -0.2) is 8.42 Å². The number of amides is 1. The number of nitrogens with one attached hydrogen (secondary N) is 1. The van der Waals surface area contributed by atoms with E-state index in [1.54, 1.807) is 12.1 Å². The summed E-state index contributed by atoms with van der Waals surface area (Å²) in [4.78, 5) is 12.7. The second-order valence-corrected chi connectivity index (χ2v) is 8.80. The minimum Gasteiger partial charge on any atom is -0.321 e. The molecule has 0 aliphatic carbocycles. The molecule has 0 heterocycles. The second-order valence-electron chi connectivity index (χ2n) is 6.83. The number of hydrogen-bond acceptors (Lipinski definition) is 3. The third-order valence-electron chi connectivity index (χ3n) is 4.63. The molecule has 0 unspecified atom stereocenters. The van der Waals surface area contributed by atoms with Crippen molar-refractivity contribution in [3.63, 3.8) is 0 Å². The van der Waals surface area contributed by atoms with Gasteiger partial charge in [0.1, 0.15) is 0 Å². The molecular formula is C22H19F3N2O3S. The standard InChI is InChI=1S/C22H19F3N2O3S/c1-15-10-12-18(13-11-15)31(29,30)27(2)17-7-5-6-16(14-17)21(28)26-20-9-4-3-8-19(20)22(23,24)25/h3-14H,1-2H3,(H,26,28). The van der Waals surface area contributed by atoms with Gasteiger partial charge in [0.2, 0.25) is 0 Å². The normalized spacial score (nSPS) is 11.8. The number of benzene rings is 3. The van der Waals surface area contributed by atoms with E-state index in [0.717, 1.165) is 22.0 Å². The van der Waals surface area contributed by atoms with Gasteiger partial charge in [-0.2, -0.15) is 13.2 Å². The molecule has 0 aliphatic heterocycles. The summed E-state index contributed by atoms with van der Waals surface area (Å²) in [7, 11) is -2.54. The van der Waals surface area contributed by atoms with E-state index in [1.807, 2.05) is 6.92 Å². The first-order chi connectivity index (χ1) is 14.5. The Labute approximate surface area is 178 Å². The molecule has 1 amide bonds. The van der Waals surface area contributed by atoms with Gasteiger partial charge in [-0.15, -0.1) is 0 Å². The van der Waals surface area contributed by atoms with Crippen molar-refractivity contribution >= 4 is 27.3 Å². The summed E-state index contributed by atoms with van der Waals surface area (Å²) in [6.45, 7) is 1.83. The number of carbonyl (C=O) groups excluding carboxylic acids is 1. The molecule has 31 heavy (non-hydrogen) atoms. The van der Waals surface area contributed by atoms with Crippen LogP contribution < -0.4 is 9.62 Å². The lowest BCUT2D eigenvalue weighted by Gasteiger charge is -2.20. The van der Waals surface area contributed by atoms with Crippen LogP contribution in [0.2, 0.25) is 0 Å². The number of rotatable bonds is 5. The van der Waals surface area contributed by atoms with Gasteiger partial charge >= 0.3 is 6.18 Å². The summed E-state index contributed by atoms with van der Waals surface area (Å²) in [5.41, 5.74) is -0.248. The molecule has 0 fully saturated rings. The van der Waals surface area contributed by atoms with Gasteiger partial charge in [0.25, 0.3) is 15.9 Å². The molecule has 0 atom stereocenters. The van der Waals surface area contributed by atoms with E-state index in [9.17, 15) is 26.4 Å². The lowest BCUT2D eigenvalue weighted by atomic mass is 10.1. The Hall–Kier alpha value is -3.33. The van der Waals surface area contributed by atoms with Gasteiger partial charge in [-0.3, -0.25) is 9.10 Å². The number of anilines is 2. The number of aryl methyl sites for hydroxylation is 1. The van der Waals surface area contributed by atoms with Crippen molar-refractivity contribution < 1.29 is 26.4 Å². The van der Waals surface area contributed by atoms with Crippen LogP contribution in [0, 0.1) is 6.92 Å². The summed E-state index contributed by atoms with van der Waals surface area (Å²) in [6, 6.07) is 16.6. The van der Waals surface area contributed by atoms with Crippen molar-refractivity contribution in [3.05, 3.63) is 89.5 Å². The van der Waals surface area contributed by atoms with Crippen LogP contribution in [0.15, 0.2) is 77.7 Å². The van der Waals surface area contributed by atoms with Crippen molar-refractivity contribution in [1.29, 1.82) is 0 Å². The minimum absolute atomic E-state index is 0.0143. The lowest BCUT2D eigenvalue weighted by Crippen LogP contribution is -2.27. The van der Waals surface area contributed by atoms with E-state index in [2.05, 4.69) is 5.32 Å². The average Bonchev–Trinajstić information content (AvgIpc) is 2.73. The highest BCUT2D eigenvalue weighted by Gasteiger charge is 2.33. The van der Waals surface area contributed by atoms with Gasteiger partial charge in [-0.05, 0) is 49.4 Å². The smallest absolute Gasteiger partial charge is 0.321 e. The van der Waals surface area contributed by atoms with E-state index < -0.39 is 27.7 Å². The van der Waals surface area contributed by atoms with Gasteiger partial charge < -0.3 is 5.32 Å². The van der Waals surface area contributed by atoms with E-state index >= 15 is 0 Å². The third kappa shape index (κ3) is 4.88. The molecule has 5 nitrogen and oxygen atoms in total. The third-order valence-corrected chi connectivity index (χ3v) is 6.43. The number of alkyl halides is 3. The highest BCUT2D eigenvalue weighted by atomic mass is 32.2. The van der Waals surface area contributed by atoms with Crippen LogP contribution >= 0.6 is 0 Å². The van der Waals surface area contributed by atoms with Crippen molar-refractivity contribution in [2.45, 2.75) is 18.0 Å². The van der Waals surface area contributed by atoms with E-state index in [0.29, 0.717) is 0 Å². The Morgan fingerprint density at radius 2 is 1.58 bits per heavy atom. The first kappa shape index (κ1) is 22.4. The number of para-hydroxylation sites is 1. The lowest BCUT2D eigenvalue weighted by molar-refractivity contribution is -0.136. The summed E-state index contributed by atoms with van der Waals surface area (Å²) in [6.07, 6.45) is -4.63. The average molecular weight is 448 g/mol. The largest absolute Gasteiger partial charge is 0.418 e. The molecule has 3 aromatic rings. The zero-order chi connectivity index (χ0) is 22.8. The van der Waals surface area contributed by atoms with Crippen LogP contribution in [0.5, 0.6) is 0 Å². The maximum Gasteiger partial charge on any atom is 0.418 e. The highest BCUT2D eigenvalue weighted by molar-refractivity contribution is 7.92. The summed E-state index contributed by atoms with van der Waals surface area (Å²) in [5, 5.41) is 2.25. The molecule has 0 radical (unpaired) electrons. The van der Waals surface area contributed by atoms with Crippen molar-refractivity contribution in [3.8, 4) is 0 Å². The summed E-state index contributed by atoms with van der Waals surface area (Å²) >= 11 is 0. The fourth-order valence-corrected chi connectivity index (χ4v) is 4.07. The first-order valence-corrected chi connectivity index (χ1v) is 10.6. The SMILES string of the molecule is Cc1ccc(S(=O)(=O)N(C)c2cccc(C(=O)Nc3ccccc3C(F)(F)F)c2)cc1. The molecule has 3 rings (SSSR count). The number of halogens is 3. The maximum atomic E-state index is 13.2. The molecule has 9 heteroatoms. The van der Waals surface area contributed by atoms with Crippen LogP contribution in [0.3, 0.4) is 0 Å². The van der Waals surface area contributed by atoms with Crippen molar-refractivity contribution in [1.82, 2.24) is 0 Å². The first-order valence-electron chi connectivity index (χ1n) is 9.13. The molecule has 1 N–H and O–H groups in total. The van der Waals surface area contributed by atoms with Crippen LogP contribution in [-0.2, 0) is 16.2 Å². The Balaban J connectivity index is 1.88. The molecule has 0 spiro atoms. The van der Waals surface area contributed by atoms with Crippen molar-refractivity contribution in [2.24, 2.45) is 0 Å². The predicted octanol–water partition coefficient (Wildman–Crippen LogP) is 5.09. The molecule has 0 aromatic heterocycles. The summed E-state index contributed by atoms with van der Waals surface area (Å²) < 4.78 is 66.2. The van der Waals surface area contributed by atoms with Crippen LogP contribution in [-0.4, -0.2) is 21.4 Å². The van der Waals surface area contributed by atoms with E-state index in [1.165, 1.54) is 55.6 Å². The van der Waals surface area contributed by atoms with E-state index in [4.69, 9.17) is 0 Å². The molecule has 3 aromatic carbocycles. The maximum absolute atomic E-state index is 13.2. The second kappa shape index (κ2) is 8.43. The number of nitrogens with zero attached hydrogens (tertiary/aromatic N) is 1. The fraction of sp³-hybridized carbons (Fsp3) is 0.136. The Bertz CT molecular complexity index is 1210. The molecule has 0 saturated heterocycles. The molecule has 162 valence electrons. The molecular weight excluding hydrogens is 429 g/mol.